The van der Waals surface area contributed by atoms with Crippen LogP contribution in [-0.2, 0) is 35.5 Å². The summed E-state index contributed by atoms with van der Waals surface area (Å²) >= 11 is 0. The van der Waals surface area contributed by atoms with Crippen LogP contribution in [0.1, 0.15) is 66.8 Å². The molecular weight excluding hydrogens is 454 g/mol. The van der Waals surface area contributed by atoms with Gasteiger partial charge in [0.15, 0.2) is 5.69 Å². The molecule has 1 N–H and O–H groups in total. The molecule has 1 unspecified atom stereocenters. The van der Waals surface area contributed by atoms with Crippen LogP contribution in [0.15, 0.2) is 30.3 Å². The number of hydrogen-bond acceptors (Lipinski definition) is 4. The average Bonchev–Trinajstić information content (AvgIpc) is 3.60. The maximum atomic E-state index is 13.6. The van der Waals surface area contributed by atoms with E-state index in [9.17, 15) is 14.4 Å². The van der Waals surface area contributed by atoms with Gasteiger partial charge in [-0.1, -0.05) is 44.2 Å². The van der Waals surface area contributed by atoms with Crippen LogP contribution in [0, 0.1) is 11.3 Å². The highest BCUT2D eigenvalue weighted by atomic mass is 16.2. The SMILES string of the molecule is CCC1(CC)CC1C(=O)N1CCc2c(c(C(=O)N3CCNC(=O)CC3)nn2CCc2ccccc2)C1. The van der Waals surface area contributed by atoms with Crippen LogP contribution in [0.25, 0.3) is 0 Å². The van der Waals surface area contributed by atoms with Crippen molar-refractivity contribution in [3.8, 4) is 0 Å². The summed E-state index contributed by atoms with van der Waals surface area (Å²) in [6.07, 6.45) is 4.85. The zero-order valence-corrected chi connectivity index (χ0v) is 21.5. The fourth-order valence-electron chi connectivity index (χ4n) is 5.98. The van der Waals surface area contributed by atoms with E-state index >= 15 is 0 Å². The summed E-state index contributed by atoms with van der Waals surface area (Å²) in [6.45, 7) is 7.45. The molecule has 3 amide bonds. The van der Waals surface area contributed by atoms with Crippen molar-refractivity contribution in [1.29, 1.82) is 0 Å². The number of aromatic nitrogens is 2. The molecule has 0 bridgehead atoms. The van der Waals surface area contributed by atoms with Gasteiger partial charge in [0.1, 0.15) is 0 Å². The number of rotatable bonds is 7. The zero-order chi connectivity index (χ0) is 25.3. The maximum absolute atomic E-state index is 13.6. The van der Waals surface area contributed by atoms with Gasteiger partial charge in [0, 0.05) is 69.3 Å². The first-order valence-electron chi connectivity index (χ1n) is 13.4. The topological polar surface area (TPSA) is 87.5 Å². The van der Waals surface area contributed by atoms with Crippen LogP contribution >= 0.6 is 0 Å². The molecule has 3 aliphatic rings. The Balaban J connectivity index is 1.40. The lowest BCUT2D eigenvalue weighted by molar-refractivity contribution is -0.134. The summed E-state index contributed by atoms with van der Waals surface area (Å²) in [7, 11) is 0. The van der Waals surface area contributed by atoms with Crippen LogP contribution in [0.5, 0.6) is 0 Å². The highest BCUT2D eigenvalue weighted by molar-refractivity contribution is 5.95. The van der Waals surface area contributed by atoms with Crippen LogP contribution in [-0.4, -0.2) is 63.5 Å². The molecule has 0 radical (unpaired) electrons. The van der Waals surface area contributed by atoms with E-state index in [2.05, 4.69) is 31.3 Å². The first-order chi connectivity index (χ1) is 17.5. The third kappa shape index (κ3) is 4.65. The van der Waals surface area contributed by atoms with Gasteiger partial charge in [-0.25, -0.2) is 0 Å². The first-order valence-corrected chi connectivity index (χ1v) is 13.4. The lowest BCUT2D eigenvalue weighted by Crippen LogP contribution is -2.39. The lowest BCUT2D eigenvalue weighted by atomic mass is 9.96. The standard InChI is InChI=1S/C28H37N5O3/c1-3-28(4-2)18-22(28)26(35)32-14-11-23-21(19-32)25(27(36)31-15-12-24(34)29-13-17-31)30-33(23)16-10-20-8-6-5-7-9-20/h5-9,22H,3-4,10-19H2,1-2H3,(H,29,34). The van der Waals surface area contributed by atoms with Crippen molar-refractivity contribution >= 4 is 17.7 Å². The van der Waals surface area contributed by atoms with E-state index in [1.54, 1.807) is 4.90 Å². The largest absolute Gasteiger partial charge is 0.354 e. The van der Waals surface area contributed by atoms with Crippen molar-refractivity contribution in [2.75, 3.05) is 26.2 Å². The van der Waals surface area contributed by atoms with Gasteiger partial charge in [-0.2, -0.15) is 5.10 Å². The molecule has 3 heterocycles. The number of hydrogen-bond donors (Lipinski definition) is 1. The highest BCUT2D eigenvalue weighted by Crippen LogP contribution is 2.58. The molecule has 1 saturated carbocycles. The Morgan fingerprint density at radius 1 is 1.06 bits per heavy atom. The number of carbonyl (C=O) groups excluding carboxylic acids is 3. The van der Waals surface area contributed by atoms with Crippen molar-refractivity contribution < 1.29 is 14.4 Å². The number of carbonyl (C=O) groups is 3. The normalized spacial score (nSPS) is 20.9. The van der Waals surface area contributed by atoms with Gasteiger partial charge in [-0.3, -0.25) is 19.1 Å². The Labute approximate surface area is 213 Å². The van der Waals surface area contributed by atoms with Gasteiger partial charge in [-0.15, -0.1) is 0 Å². The fraction of sp³-hybridized carbons (Fsp3) is 0.571. The van der Waals surface area contributed by atoms with Crippen LogP contribution in [0.4, 0.5) is 0 Å². The minimum atomic E-state index is -0.140. The minimum absolute atomic E-state index is 0.0303. The van der Waals surface area contributed by atoms with E-state index in [-0.39, 0.29) is 29.1 Å². The number of nitrogens with zero attached hydrogens (tertiary/aromatic N) is 4. The predicted molar refractivity (Wildman–Crippen MR) is 136 cm³/mol. The summed E-state index contributed by atoms with van der Waals surface area (Å²) in [5, 5.41) is 7.66. The number of fused-ring (bicyclic) bond motifs is 1. The summed E-state index contributed by atoms with van der Waals surface area (Å²) in [5.41, 5.74) is 3.77. The maximum Gasteiger partial charge on any atom is 0.274 e. The van der Waals surface area contributed by atoms with E-state index in [0.29, 0.717) is 57.8 Å². The third-order valence-electron chi connectivity index (χ3n) is 8.60. The smallest absolute Gasteiger partial charge is 0.274 e. The number of amides is 3. The molecule has 2 fully saturated rings. The van der Waals surface area contributed by atoms with E-state index in [1.807, 2.05) is 27.8 Å². The summed E-state index contributed by atoms with van der Waals surface area (Å²) in [4.78, 5) is 42.6. The molecule has 0 spiro atoms. The first kappa shape index (κ1) is 24.5. The Bertz CT molecular complexity index is 1140. The molecule has 5 rings (SSSR count). The predicted octanol–water partition coefficient (Wildman–Crippen LogP) is 2.80. The molecule has 8 heteroatoms. The molecule has 1 atom stereocenters. The second kappa shape index (κ2) is 10.1. The second-order valence-corrected chi connectivity index (χ2v) is 10.5. The van der Waals surface area contributed by atoms with E-state index in [0.717, 1.165) is 36.9 Å². The fourth-order valence-corrected chi connectivity index (χ4v) is 5.98. The molecule has 1 aromatic carbocycles. The van der Waals surface area contributed by atoms with Gasteiger partial charge < -0.3 is 15.1 Å². The van der Waals surface area contributed by atoms with Crippen molar-refractivity contribution in [1.82, 2.24) is 24.9 Å². The van der Waals surface area contributed by atoms with Gasteiger partial charge in [0.05, 0.1) is 0 Å². The summed E-state index contributed by atoms with van der Waals surface area (Å²) in [6, 6.07) is 10.3. The molecule has 2 aromatic rings. The van der Waals surface area contributed by atoms with E-state index < -0.39 is 0 Å². The highest BCUT2D eigenvalue weighted by Gasteiger charge is 2.56. The van der Waals surface area contributed by atoms with Crippen molar-refractivity contribution in [3.63, 3.8) is 0 Å². The number of benzene rings is 1. The lowest BCUT2D eigenvalue weighted by Gasteiger charge is -2.29. The molecule has 1 aliphatic carbocycles. The Kier molecular flexibility index (Phi) is 6.86. The molecule has 36 heavy (non-hydrogen) atoms. The van der Waals surface area contributed by atoms with Gasteiger partial charge >= 0.3 is 0 Å². The van der Waals surface area contributed by atoms with Crippen LogP contribution in [0.3, 0.4) is 0 Å². The second-order valence-electron chi connectivity index (χ2n) is 10.5. The molecule has 1 aromatic heterocycles. The average molecular weight is 492 g/mol. The number of aryl methyl sites for hydroxylation is 2. The quantitative estimate of drug-likeness (QED) is 0.645. The minimum Gasteiger partial charge on any atom is -0.354 e. The van der Waals surface area contributed by atoms with E-state index in [4.69, 9.17) is 5.10 Å². The Morgan fingerprint density at radius 3 is 2.53 bits per heavy atom. The summed E-state index contributed by atoms with van der Waals surface area (Å²) in [5.74, 6) is 0.157. The molecule has 8 nitrogen and oxygen atoms in total. The van der Waals surface area contributed by atoms with Gasteiger partial charge in [-0.05, 0) is 36.7 Å². The molecule has 192 valence electrons. The van der Waals surface area contributed by atoms with Gasteiger partial charge in [0.25, 0.3) is 5.91 Å². The summed E-state index contributed by atoms with van der Waals surface area (Å²) < 4.78 is 1.98. The van der Waals surface area contributed by atoms with Crippen molar-refractivity contribution in [2.24, 2.45) is 11.3 Å². The Hall–Kier alpha value is -3.16. The zero-order valence-electron chi connectivity index (χ0n) is 21.5. The Morgan fingerprint density at radius 2 is 1.81 bits per heavy atom. The van der Waals surface area contributed by atoms with Gasteiger partial charge in [0.2, 0.25) is 11.8 Å². The number of nitrogens with one attached hydrogen (secondary N) is 1. The van der Waals surface area contributed by atoms with Crippen LogP contribution < -0.4 is 5.32 Å². The third-order valence-corrected chi connectivity index (χ3v) is 8.60. The van der Waals surface area contributed by atoms with Crippen LogP contribution in [0.2, 0.25) is 0 Å². The molecule has 1 saturated heterocycles. The molecule has 2 aliphatic heterocycles. The van der Waals surface area contributed by atoms with Crippen molar-refractivity contribution in [3.05, 3.63) is 52.8 Å². The monoisotopic (exact) mass is 491 g/mol. The van der Waals surface area contributed by atoms with Crippen molar-refractivity contribution in [2.45, 2.75) is 65.5 Å². The molecular formula is C28H37N5O3. The van der Waals surface area contributed by atoms with E-state index in [1.165, 1.54) is 5.56 Å².